The molecule has 0 fully saturated rings. The third kappa shape index (κ3) is 1.42. The predicted molar refractivity (Wildman–Crippen MR) is 31.8 cm³/mol. The average molecular weight is 132 g/mol. The topological polar surface area (TPSA) is 12.9 Å². The van der Waals surface area contributed by atoms with Gasteiger partial charge in [0, 0.05) is 8.35 Å². The quantitative estimate of drug-likeness (QED) is 0.527. The van der Waals surface area contributed by atoms with Gasteiger partial charge in [-0.25, -0.2) is 4.75 Å². The predicted octanol–water partition coefficient (Wildman–Crippen LogP) is 2.32. The van der Waals surface area contributed by atoms with E-state index < -0.39 is 0 Å². The Morgan fingerprint density at radius 2 is 2.57 bits per heavy atom. The molecule has 0 N–H and O–H groups in total. The lowest BCUT2D eigenvalue weighted by Crippen LogP contribution is -1.58. The Morgan fingerprint density at radius 3 is 2.86 bits per heavy atom. The van der Waals surface area contributed by atoms with Crippen LogP contribution in [-0.2, 0) is 0 Å². The summed E-state index contributed by atoms with van der Waals surface area (Å²) in [5.74, 6) is 1.92. The van der Waals surface area contributed by atoms with Gasteiger partial charge in [-0.3, -0.25) is 0 Å². The van der Waals surface area contributed by atoms with Crippen LogP contribution in [0.15, 0.2) is 17.9 Å². The molecule has 1 heterocycles. The molecule has 1 rings (SSSR count). The molecule has 0 aliphatic heterocycles. The van der Waals surface area contributed by atoms with Gasteiger partial charge in [0.05, 0.1) is 0 Å². The zero-order chi connectivity index (χ0) is 5.11. The minimum absolute atomic E-state index is 0.587. The van der Waals surface area contributed by atoms with Crippen LogP contribution < -0.4 is 0 Å². The molecule has 0 amide bonds. The summed E-state index contributed by atoms with van der Waals surface area (Å²) >= 11 is 5.45. The molecule has 0 spiro atoms. The van der Waals surface area contributed by atoms with Crippen molar-refractivity contribution < 1.29 is 0 Å². The maximum Gasteiger partial charge on any atom is 0.133 e. The van der Waals surface area contributed by atoms with Crippen molar-refractivity contribution in [1.29, 1.82) is 0 Å². The Hall–Kier alpha value is -0.130. The molecular weight excluding hydrogens is 128 g/mol. The molecular formula is C4H3ClNP. The Bertz CT molecular complexity index is 142. The first-order valence-corrected chi connectivity index (χ1v) is 3.12. The number of aromatic nitrogens is 1. The summed E-state index contributed by atoms with van der Waals surface area (Å²) in [5.41, 5.74) is 0. The Kier molecular flexibility index (Phi) is 1.61. The molecule has 1 aromatic heterocycles. The van der Waals surface area contributed by atoms with Crippen LogP contribution >= 0.6 is 20.0 Å². The first kappa shape index (κ1) is 5.02. The van der Waals surface area contributed by atoms with E-state index in [4.69, 9.17) is 11.6 Å². The minimum atomic E-state index is 0.587. The van der Waals surface area contributed by atoms with E-state index in [1.807, 2.05) is 11.9 Å². The summed E-state index contributed by atoms with van der Waals surface area (Å²) < 4.78 is 3.84. The van der Waals surface area contributed by atoms with Gasteiger partial charge >= 0.3 is 0 Å². The van der Waals surface area contributed by atoms with Gasteiger partial charge in [-0.05, 0) is 11.9 Å². The highest BCUT2D eigenvalue weighted by atomic mass is 35.5. The number of nitrogens with zero attached hydrogens (tertiary/aromatic N) is 1. The second-order valence-corrected chi connectivity index (χ2v) is 2.16. The molecule has 3 heteroatoms. The molecule has 1 nitrogen and oxygen atoms in total. The molecule has 36 valence electrons. The highest BCUT2D eigenvalue weighted by Crippen LogP contribution is 2.05. The molecule has 0 aliphatic rings. The molecule has 0 saturated heterocycles. The lowest BCUT2D eigenvalue weighted by Gasteiger charge is -1.78. The largest absolute Gasteiger partial charge is 0.216 e. The third-order valence-corrected chi connectivity index (χ3v) is 1.50. The summed E-state index contributed by atoms with van der Waals surface area (Å²) in [7, 11) is 0.937. The second kappa shape index (κ2) is 2.25. The lowest BCUT2D eigenvalue weighted by molar-refractivity contribution is 1.53. The van der Waals surface area contributed by atoms with Crippen molar-refractivity contribution in [1.82, 2.24) is 4.75 Å². The molecule has 0 aliphatic carbocycles. The van der Waals surface area contributed by atoms with Gasteiger partial charge in [0.1, 0.15) is 5.15 Å². The highest BCUT2D eigenvalue weighted by Gasteiger charge is 1.77. The van der Waals surface area contributed by atoms with Gasteiger partial charge in [0.15, 0.2) is 0 Å². The van der Waals surface area contributed by atoms with Crippen LogP contribution in [0.2, 0.25) is 5.15 Å². The fourth-order valence-corrected chi connectivity index (χ4v) is 0.893. The van der Waals surface area contributed by atoms with Crippen molar-refractivity contribution in [2.45, 2.75) is 0 Å². The van der Waals surface area contributed by atoms with E-state index >= 15 is 0 Å². The lowest BCUT2D eigenvalue weighted by atomic mass is 10.6. The number of hydrogen-bond donors (Lipinski definition) is 0. The van der Waals surface area contributed by atoms with Crippen molar-refractivity contribution in [3.8, 4) is 0 Å². The van der Waals surface area contributed by atoms with Crippen LogP contribution in [0.3, 0.4) is 0 Å². The van der Waals surface area contributed by atoms with Gasteiger partial charge in [-0.15, -0.1) is 0 Å². The first-order chi connectivity index (χ1) is 3.39. The minimum Gasteiger partial charge on any atom is -0.216 e. The molecule has 1 aromatic rings. The summed E-state index contributed by atoms with van der Waals surface area (Å²) in [6.07, 6.45) is 0. The fourth-order valence-electron chi connectivity index (χ4n) is 0.283. The van der Waals surface area contributed by atoms with Gasteiger partial charge in [-0.1, -0.05) is 17.7 Å². The number of rotatable bonds is 0. The first-order valence-electron chi connectivity index (χ1n) is 1.83. The van der Waals surface area contributed by atoms with Crippen molar-refractivity contribution in [2.24, 2.45) is 0 Å². The van der Waals surface area contributed by atoms with Gasteiger partial charge in [-0.2, -0.15) is 0 Å². The van der Waals surface area contributed by atoms with E-state index in [1.54, 1.807) is 6.07 Å². The Balaban J connectivity index is 3.02. The molecule has 0 unspecified atom stereocenters. The summed E-state index contributed by atoms with van der Waals surface area (Å²) in [5, 5.41) is 0.587. The summed E-state index contributed by atoms with van der Waals surface area (Å²) in [4.78, 5) is 0. The maximum absolute atomic E-state index is 5.45. The van der Waals surface area contributed by atoms with E-state index in [9.17, 15) is 0 Å². The molecule has 7 heavy (non-hydrogen) atoms. The van der Waals surface area contributed by atoms with Gasteiger partial charge in [0.25, 0.3) is 0 Å². The Labute approximate surface area is 48.5 Å². The van der Waals surface area contributed by atoms with Crippen molar-refractivity contribution in [2.75, 3.05) is 0 Å². The van der Waals surface area contributed by atoms with Crippen LogP contribution in [0, 0.1) is 0 Å². The SMILES string of the molecule is Clc1cccpn1. The van der Waals surface area contributed by atoms with Crippen molar-refractivity contribution >= 4 is 20.0 Å². The second-order valence-electron chi connectivity index (χ2n) is 1.05. The number of halogens is 1. The van der Waals surface area contributed by atoms with Gasteiger partial charge in [0.2, 0.25) is 0 Å². The maximum atomic E-state index is 5.45. The number of hydrogen-bond acceptors (Lipinski definition) is 1. The highest BCUT2D eigenvalue weighted by molar-refractivity contribution is 7.24. The fraction of sp³-hybridized carbons (Fsp3) is 0. The molecule has 0 saturated carbocycles. The van der Waals surface area contributed by atoms with Crippen LogP contribution in [0.1, 0.15) is 0 Å². The zero-order valence-electron chi connectivity index (χ0n) is 3.50. The standard InChI is InChI=1S/C4H3ClNP/c5-4-2-1-3-7-6-4/h1-3H. The smallest absolute Gasteiger partial charge is 0.133 e. The monoisotopic (exact) mass is 131 g/mol. The zero-order valence-corrected chi connectivity index (χ0v) is 5.15. The summed E-state index contributed by atoms with van der Waals surface area (Å²) in [6.45, 7) is 0. The third-order valence-electron chi connectivity index (χ3n) is 0.540. The van der Waals surface area contributed by atoms with E-state index in [1.165, 1.54) is 0 Å². The molecule has 0 radical (unpaired) electrons. The van der Waals surface area contributed by atoms with Crippen LogP contribution in [0.5, 0.6) is 0 Å². The van der Waals surface area contributed by atoms with E-state index in [0.717, 1.165) is 8.35 Å². The van der Waals surface area contributed by atoms with Crippen LogP contribution in [-0.4, -0.2) is 4.75 Å². The van der Waals surface area contributed by atoms with Crippen LogP contribution in [0.4, 0.5) is 0 Å². The van der Waals surface area contributed by atoms with E-state index in [-0.39, 0.29) is 0 Å². The van der Waals surface area contributed by atoms with Crippen molar-refractivity contribution in [3.05, 3.63) is 23.1 Å². The van der Waals surface area contributed by atoms with E-state index in [0.29, 0.717) is 5.15 Å². The Morgan fingerprint density at radius 1 is 1.71 bits per heavy atom. The molecule has 0 atom stereocenters. The normalized spacial score (nSPS) is 9.86. The summed E-state index contributed by atoms with van der Waals surface area (Å²) in [6, 6.07) is 3.65. The average Bonchev–Trinajstić information content (AvgIpc) is 1.69. The van der Waals surface area contributed by atoms with Crippen LogP contribution in [0.25, 0.3) is 0 Å². The van der Waals surface area contributed by atoms with E-state index in [2.05, 4.69) is 4.75 Å². The molecule has 0 aromatic carbocycles. The molecule has 0 bridgehead atoms. The van der Waals surface area contributed by atoms with Gasteiger partial charge < -0.3 is 0 Å². The van der Waals surface area contributed by atoms with Crippen molar-refractivity contribution in [3.63, 3.8) is 0 Å².